The number of aliphatic imine (C=N–C) groups is 1. The Balaban J connectivity index is 0.00000210. The maximum Gasteiger partial charge on any atom is 0.220 e. The minimum Gasteiger partial charge on any atom is -0.355 e. The second-order valence-corrected chi connectivity index (χ2v) is 7.58. The Hall–Kier alpha value is -1.84. The molecule has 0 bridgehead atoms. The van der Waals surface area contributed by atoms with E-state index in [4.69, 9.17) is 0 Å². The van der Waals surface area contributed by atoms with E-state index in [1.54, 1.807) is 0 Å². The second kappa shape index (κ2) is 8.04. The Morgan fingerprint density at radius 3 is 3.04 bits per heavy atom. The molecule has 2 aliphatic heterocycles. The summed E-state index contributed by atoms with van der Waals surface area (Å²) in [6.07, 6.45) is 2.81. The fraction of sp³-hybridized carbons (Fsp3) is 0.526. The van der Waals surface area contributed by atoms with Gasteiger partial charge < -0.3 is 20.5 Å². The van der Waals surface area contributed by atoms with Crippen LogP contribution in [0.3, 0.4) is 0 Å². The van der Waals surface area contributed by atoms with Crippen LogP contribution in [0.25, 0.3) is 11.0 Å². The number of aromatic amines is 1. The molecule has 1 amide bonds. The van der Waals surface area contributed by atoms with Crippen LogP contribution in [-0.2, 0) is 11.3 Å². The van der Waals surface area contributed by atoms with Gasteiger partial charge in [-0.1, -0.05) is 6.07 Å². The summed E-state index contributed by atoms with van der Waals surface area (Å²) in [6.45, 7) is 5.29. The lowest BCUT2D eigenvalue weighted by molar-refractivity contribution is -0.119. The third kappa shape index (κ3) is 4.20. The first-order valence-corrected chi connectivity index (χ1v) is 9.24. The highest BCUT2D eigenvalue weighted by atomic mass is 127. The van der Waals surface area contributed by atoms with Crippen LogP contribution >= 0.6 is 24.0 Å². The molecule has 4 rings (SSSR count). The van der Waals surface area contributed by atoms with Gasteiger partial charge in [-0.2, -0.15) is 0 Å². The molecule has 7 nitrogen and oxygen atoms in total. The van der Waals surface area contributed by atoms with Crippen LogP contribution in [0.4, 0.5) is 0 Å². The molecule has 2 saturated heterocycles. The van der Waals surface area contributed by atoms with Crippen LogP contribution < -0.4 is 10.6 Å². The molecule has 146 valence electrons. The first-order chi connectivity index (χ1) is 12.6. The molecule has 0 radical (unpaired) electrons. The van der Waals surface area contributed by atoms with Crippen molar-refractivity contribution in [2.75, 3.05) is 26.7 Å². The molecule has 3 heterocycles. The highest BCUT2D eigenvalue weighted by Crippen LogP contribution is 2.36. The molecule has 1 spiro atoms. The summed E-state index contributed by atoms with van der Waals surface area (Å²) >= 11 is 0. The zero-order valence-electron chi connectivity index (χ0n) is 15.8. The summed E-state index contributed by atoms with van der Waals surface area (Å²) in [7, 11) is 1.81. The van der Waals surface area contributed by atoms with E-state index in [1.165, 1.54) is 5.56 Å². The quantitative estimate of drug-likeness (QED) is 0.348. The molecule has 2 aromatic rings. The molecule has 1 aromatic carbocycles. The third-order valence-electron chi connectivity index (χ3n) is 5.47. The van der Waals surface area contributed by atoms with Crippen LogP contribution in [-0.4, -0.2) is 53.4 Å². The summed E-state index contributed by atoms with van der Waals surface area (Å²) in [4.78, 5) is 26.4. The number of likely N-dealkylation sites (tertiary alicyclic amines) is 1. The number of rotatable bonds is 2. The SMILES string of the molecule is CN=C(NCc1nc2ccc(C)cc2[nH]1)N1CCCC2(CNC(=O)C2)C1.I. The molecule has 1 aromatic heterocycles. The summed E-state index contributed by atoms with van der Waals surface area (Å²) in [6, 6.07) is 6.22. The zero-order valence-corrected chi connectivity index (χ0v) is 18.2. The standard InChI is InChI=1S/C19H26N6O.HI/c1-13-4-5-14-15(8-13)24-16(23-14)10-21-18(20-2)25-7-3-6-19(12-25)9-17(26)22-11-19;/h4-5,8H,3,6-7,9-12H2,1-2H3,(H,20,21)(H,22,26)(H,23,24);1H. The van der Waals surface area contributed by atoms with Gasteiger partial charge in [0.15, 0.2) is 5.96 Å². The zero-order chi connectivity index (χ0) is 18.1. The Kier molecular flexibility index (Phi) is 5.92. The number of piperidine rings is 1. The number of nitrogens with one attached hydrogen (secondary N) is 3. The highest BCUT2D eigenvalue weighted by Gasteiger charge is 2.42. The maximum atomic E-state index is 11.7. The molecule has 0 saturated carbocycles. The van der Waals surface area contributed by atoms with E-state index in [2.05, 4.69) is 49.6 Å². The first-order valence-electron chi connectivity index (χ1n) is 9.24. The van der Waals surface area contributed by atoms with Crippen LogP contribution in [0.15, 0.2) is 23.2 Å². The van der Waals surface area contributed by atoms with Gasteiger partial charge in [0, 0.05) is 38.5 Å². The van der Waals surface area contributed by atoms with Crippen molar-refractivity contribution < 1.29 is 4.79 Å². The van der Waals surface area contributed by atoms with Crippen LogP contribution in [0, 0.1) is 12.3 Å². The Morgan fingerprint density at radius 2 is 2.30 bits per heavy atom. The van der Waals surface area contributed by atoms with E-state index in [9.17, 15) is 4.79 Å². The number of fused-ring (bicyclic) bond motifs is 1. The van der Waals surface area contributed by atoms with Crippen molar-refractivity contribution >= 4 is 46.9 Å². The lowest BCUT2D eigenvalue weighted by Crippen LogP contribution is -2.51. The number of amides is 1. The monoisotopic (exact) mass is 482 g/mol. The number of benzene rings is 1. The summed E-state index contributed by atoms with van der Waals surface area (Å²) < 4.78 is 0. The molecular formula is C19H27IN6O. The Morgan fingerprint density at radius 1 is 1.44 bits per heavy atom. The van der Waals surface area contributed by atoms with Gasteiger partial charge in [-0.25, -0.2) is 4.98 Å². The molecule has 1 unspecified atom stereocenters. The first kappa shape index (κ1) is 19.9. The van der Waals surface area contributed by atoms with E-state index in [0.717, 1.165) is 55.3 Å². The van der Waals surface area contributed by atoms with Crippen molar-refractivity contribution in [2.24, 2.45) is 10.4 Å². The lowest BCUT2D eigenvalue weighted by atomic mass is 9.79. The van der Waals surface area contributed by atoms with E-state index in [1.807, 2.05) is 13.1 Å². The molecule has 2 fully saturated rings. The third-order valence-corrected chi connectivity index (χ3v) is 5.47. The van der Waals surface area contributed by atoms with Gasteiger partial charge in [0.25, 0.3) is 0 Å². The van der Waals surface area contributed by atoms with Crippen molar-refractivity contribution in [1.29, 1.82) is 0 Å². The fourth-order valence-electron chi connectivity index (χ4n) is 4.18. The number of H-pyrrole nitrogens is 1. The van der Waals surface area contributed by atoms with Gasteiger partial charge >= 0.3 is 0 Å². The number of aryl methyl sites for hydroxylation is 1. The minimum absolute atomic E-state index is 0. The smallest absolute Gasteiger partial charge is 0.220 e. The van der Waals surface area contributed by atoms with E-state index in [0.29, 0.717) is 13.0 Å². The van der Waals surface area contributed by atoms with Gasteiger partial charge in [0.2, 0.25) is 5.91 Å². The molecule has 3 N–H and O–H groups in total. The van der Waals surface area contributed by atoms with E-state index in [-0.39, 0.29) is 35.3 Å². The van der Waals surface area contributed by atoms with Crippen LogP contribution in [0.1, 0.15) is 30.7 Å². The van der Waals surface area contributed by atoms with Gasteiger partial charge in [-0.15, -0.1) is 24.0 Å². The van der Waals surface area contributed by atoms with Crippen LogP contribution in [0.5, 0.6) is 0 Å². The summed E-state index contributed by atoms with van der Waals surface area (Å²) in [5, 5.41) is 6.42. The van der Waals surface area contributed by atoms with E-state index < -0.39 is 0 Å². The number of nitrogens with zero attached hydrogens (tertiary/aromatic N) is 3. The highest BCUT2D eigenvalue weighted by molar-refractivity contribution is 14.0. The largest absolute Gasteiger partial charge is 0.355 e. The van der Waals surface area contributed by atoms with Crippen molar-refractivity contribution in [3.05, 3.63) is 29.6 Å². The van der Waals surface area contributed by atoms with Crippen LogP contribution in [0.2, 0.25) is 0 Å². The number of halogens is 1. The number of hydrogen-bond acceptors (Lipinski definition) is 3. The van der Waals surface area contributed by atoms with Crippen molar-refractivity contribution in [3.63, 3.8) is 0 Å². The number of carbonyl (C=O) groups excluding carboxylic acids is 1. The number of guanidine groups is 1. The number of hydrogen-bond donors (Lipinski definition) is 3. The lowest BCUT2D eigenvalue weighted by Gasteiger charge is -2.40. The average Bonchev–Trinajstić information content (AvgIpc) is 3.18. The van der Waals surface area contributed by atoms with Gasteiger partial charge in [-0.05, 0) is 37.5 Å². The summed E-state index contributed by atoms with van der Waals surface area (Å²) in [5.41, 5.74) is 3.32. The normalized spacial score (nSPS) is 22.8. The molecule has 0 aliphatic carbocycles. The average molecular weight is 482 g/mol. The summed E-state index contributed by atoms with van der Waals surface area (Å²) in [5.74, 6) is 1.95. The number of carbonyl (C=O) groups is 1. The predicted octanol–water partition coefficient (Wildman–Crippen LogP) is 2.17. The van der Waals surface area contributed by atoms with Crippen molar-refractivity contribution in [1.82, 2.24) is 25.5 Å². The van der Waals surface area contributed by atoms with Gasteiger partial charge in [0.05, 0.1) is 17.6 Å². The number of aromatic nitrogens is 2. The molecule has 1 atom stereocenters. The van der Waals surface area contributed by atoms with Crippen molar-refractivity contribution in [2.45, 2.75) is 32.7 Å². The van der Waals surface area contributed by atoms with Gasteiger partial charge in [0.1, 0.15) is 5.82 Å². The topological polar surface area (TPSA) is 85.4 Å². The van der Waals surface area contributed by atoms with Gasteiger partial charge in [-0.3, -0.25) is 9.79 Å². The number of imidazole rings is 1. The fourth-order valence-corrected chi connectivity index (χ4v) is 4.18. The second-order valence-electron chi connectivity index (χ2n) is 7.58. The Labute approximate surface area is 176 Å². The maximum absolute atomic E-state index is 11.7. The molecule has 27 heavy (non-hydrogen) atoms. The molecule has 2 aliphatic rings. The molecular weight excluding hydrogens is 455 g/mol. The Bertz CT molecular complexity index is 863. The van der Waals surface area contributed by atoms with E-state index >= 15 is 0 Å². The predicted molar refractivity (Wildman–Crippen MR) is 117 cm³/mol. The molecule has 8 heteroatoms. The minimum atomic E-state index is 0. The van der Waals surface area contributed by atoms with Crippen molar-refractivity contribution in [3.8, 4) is 0 Å².